The van der Waals surface area contributed by atoms with E-state index >= 15 is 0 Å². The SMILES string of the molecule is CC(C)NC(N)=NCCCc1ccc(O)cc1.I. The Balaban J connectivity index is 0.00000289. The van der Waals surface area contributed by atoms with Crippen LogP contribution in [0.4, 0.5) is 0 Å². The normalized spacial score (nSPS) is 11.2. The van der Waals surface area contributed by atoms with Crippen LogP contribution in [0.25, 0.3) is 0 Å². The van der Waals surface area contributed by atoms with Gasteiger partial charge in [0.25, 0.3) is 0 Å². The van der Waals surface area contributed by atoms with Crippen molar-refractivity contribution in [2.24, 2.45) is 10.7 Å². The summed E-state index contributed by atoms with van der Waals surface area (Å²) < 4.78 is 0. The van der Waals surface area contributed by atoms with Crippen molar-refractivity contribution in [3.05, 3.63) is 29.8 Å². The highest BCUT2D eigenvalue weighted by molar-refractivity contribution is 14.0. The van der Waals surface area contributed by atoms with Crippen LogP contribution < -0.4 is 11.1 Å². The Hall–Kier alpha value is -0.980. The second-order valence-corrected chi connectivity index (χ2v) is 4.34. The van der Waals surface area contributed by atoms with Crippen LogP contribution >= 0.6 is 24.0 Å². The zero-order valence-corrected chi connectivity index (χ0v) is 13.2. The van der Waals surface area contributed by atoms with Crippen molar-refractivity contribution in [3.8, 4) is 5.75 Å². The van der Waals surface area contributed by atoms with Gasteiger partial charge < -0.3 is 16.2 Å². The van der Waals surface area contributed by atoms with Crippen LogP contribution in [-0.4, -0.2) is 23.7 Å². The molecule has 18 heavy (non-hydrogen) atoms. The maximum atomic E-state index is 9.14. The molecule has 0 bridgehead atoms. The number of phenols is 1. The van der Waals surface area contributed by atoms with Crippen molar-refractivity contribution in [1.82, 2.24) is 5.32 Å². The van der Waals surface area contributed by atoms with E-state index in [1.165, 1.54) is 5.56 Å². The zero-order valence-electron chi connectivity index (χ0n) is 10.9. The summed E-state index contributed by atoms with van der Waals surface area (Å²) in [6, 6.07) is 7.57. The molecule has 1 aromatic rings. The molecule has 5 heteroatoms. The van der Waals surface area contributed by atoms with Gasteiger partial charge in [0.15, 0.2) is 5.96 Å². The van der Waals surface area contributed by atoms with Crippen molar-refractivity contribution < 1.29 is 5.11 Å². The molecular formula is C13H22IN3O. The molecule has 0 unspecified atom stereocenters. The molecule has 0 aliphatic heterocycles. The number of guanidine groups is 1. The van der Waals surface area contributed by atoms with Crippen LogP contribution in [0.2, 0.25) is 0 Å². The largest absolute Gasteiger partial charge is 0.508 e. The Morgan fingerprint density at radius 3 is 2.50 bits per heavy atom. The summed E-state index contributed by atoms with van der Waals surface area (Å²) in [4.78, 5) is 4.23. The molecule has 0 aliphatic carbocycles. The number of hydrogen-bond donors (Lipinski definition) is 3. The molecule has 4 nitrogen and oxygen atoms in total. The fourth-order valence-corrected chi connectivity index (χ4v) is 1.49. The third-order valence-electron chi connectivity index (χ3n) is 2.28. The lowest BCUT2D eigenvalue weighted by atomic mass is 10.1. The third-order valence-corrected chi connectivity index (χ3v) is 2.28. The molecule has 0 radical (unpaired) electrons. The molecule has 0 amide bonds. The number of nitrogens with two attached hydrogens (primary N) is 1. The number of nitrogens with zero attached hydrogens (tertiary/aromatic N) is 1. The molecule has 0 heterocycles. The maximum Gasteiger partial charge on any atom is 0.188 e. The monoisotopic (exact) mass is 363 g/mol. The van der Waals surface area contributed by atoms with Gasteiger partial charge in [0, 0.05) is 12.6 Å². The first kappa shape index (κ1) is 17.0. The van der Waals surface area contributed by atoms with Crippen LogP contribution in [0, 0.1) is 0 Å². The summed E-state index contributed by atoms with van der Waals surface area (Å²) in [5, 5.41) is 12.2. The van der Waals surface area contributed by atoms with E-state index < -0.39 is 0 Å². The van der Waals surface area contributed by atoms with E-state index in [-0.39, 0.29) is 24.0 Å². The van der Waals surface area contributed by atoms with Gasteiger partial charge in [-0.25, -0.2) is 0 Å². The summed E-state index contributed by atoms with van der Waals surface area (Å²) >= 11 is 0. The minimum atomic E-state index is 0. The standard InChI is InChI=1S/C13H21N3O.HI/c1-10(2)16-13(14)15-9-3-4-11-5-7-12(17)8-6-11;/h5-8,10,17H,3-4,9H2,1-2H3,(H3,14,15,16);1H. The Kier molecular flexibility index (Phi) is 8.53. The topological polar surface area (TPSA) is 70.6 Å². The summed E-state index contributed by atoms with van der Waals surface area (Å²) in [7, 11) is 0. The first-order valence-electron chi connectivity index (χ1n) is 5.92. The molecule has 4 N–H and O–H groups in total. The molecule has 1 aromatic carbocycles. The number of benzene rings is 1. The second-order valence-electron chi connectivity index (χ2n) is 4.34. The fourth-order valence-electron chi connectivity index (χ4n) is 1.49. The van der Waals surface area contributed by atoms with Crippen molar-refractivity contribution >= 4 is 29.9 Å². The number of aliphatic imine (C=N–C) groups is 1. The lowest BCUT2D eigenvalue weighted by Crippen LogP contribution is -2.36. The number of hydrogen-bond acceptors (Lipinski definition) is 2. The van der Waals surface area contributed by atoms with Gasteiger partial charge in [-0.3, -0.25) is 4.99 Å². The first-order chi connectivity index (χ1) is 8.08. The predicted octanol–water partition coefficient (Wildman–Crippen LogP) is 2.26. The van der Waals surface area contributed by atoms with Gasteiger partial charge in [-0.05, 0) is 44.4 Å². The van der Waals surface area contributed by atoms with Gasteiger partial charge in [0.1, 0.15) is 5.75 Å². The van der Waals surface area contributed by atoms with Crippen LogP contribution in [0.1, 0.15) is 25.8 Å². The number of aromatic hydroxyl groups is 1. The predicted molar refractivity (Wildman–Crippen MR) is 86.6 cm³/mol. The summed E-state index contributed by atoms with van der Waals surface area (Å²) in [6.45, 7) is 4.77. The Morgan fingerprint density at radius 1 is 1.33 bits per heavy atom. The Bertz CT molecular complexity index is 363. The molecule has 0 spiro atoms. The minimum absolute atomic E-state index is 0. The molecule has 0 atom stereocenters. The smallest absolute Gasteiger partial charge is 0.188 e. The highest BCUT2D eigenvalue weighted by atomic mass is 127. The molecule has 102 valence electrons. The van der Waals surface area contributed by atoms with E-state index in [2.05, 4.69) is 10.3 Å². The Labute approximate surface area is 126 Å². The molecule has 0 saturated heterocycles. The van der Waals surface area contributed by atoms with Crippen molar-refractivity contribution in [2.75, 3.05) is 6.54 Å². The lowest BCUT2D eigenvalue weighted by molar-refractivity contribution is 0.475. The minimum Gasteiger partial charge on any atom is -0.508 e. The van der Waals surface area contributed by atoms with Gasteiger partial charge in [-0.1, -0.05) is 12.1 Å². The van der Waals surface area contributed by atoms with E-state index in [9.17, 15) is 0 Å². The zero-order chi connectivity index (χ0) is 12.7. The molecule has 0 saturated carbocycles. The van der Waals surface area contributed by atoms with Crippen LogP contribution in [0.5, 0.6) is 5.75 Å². The average molecular weight is 363 g/mol. The van der Waals surface area contributed by atoms with Crippen LogP contribution in [0.3, 0.4) is 0 Å². The van der Waals surface area contributed by atoms with Gasteiger partial charge in [-0.2, -0.15) is 0 Å². The van der Waals surface area contributed by atoms with Gasteiger partial charge in [-0.15, -0.1) is 24.0 Å². The van der Waals surface area contributed by atoms with Crippen LogP contribution in [-0.2, 0) is 6.42 Å². The molecule has 0 aromatic heterocycles. The van der Waals surface area contributed by atoms with Crippen molar-refractivity contribution in [2.45, 2.75) is 32.7 Å². The fraction of sp³-hybridized carbons (Fsp3) is 0.462. The Morgan fingerprint density at radius 2 is 1.94 bits per heavy atom. The van der Waals surface area contributed by atoms with E-state index in [4.69, 9.17) is 10.8 Å². The summed E-state index contributed by atoms with van der Waals surface area (Å²) in [6.07, 6.45) is 1.89. The summed E-state index contributed by atoms with van der Waals surface area (Å²) in [5.41, 5.74) is 6.88. The maximum absolute atomic E-state index is 9.14. The van der Waals surface area contributed by atoms with E-state index in [1.54, 1.807) is 12.1 Å². The summed E-state index contributed by atoms with van der Waals surface area (Å²) in [5.74, 6) is 0.808. The van der Waals surface area contributed by atoms with E-state index in [0.29, 0.717) is 24.3 Å². The van der Waals surface area contributed by atoms with Gasteiger partial charge >= 0.3 is 0 Å². The van der Waals surface area contributed by atoms with Crippen molar-refractivity contribution in [1.29, 1.82) is 0 Å². The number of halogens is 1. The number of phenolic OH excluding ortho intramolecular Hbond substituents is 1. The molecular weight excluding hydrogens is 341 g/mol. The number of rotatable bonds is 5. The number of nitrogens with one attached hydrogen (secondary N) is 1. The average Bonchev–Trinajstić information content (AvgIpc) is 2.26. The highest BCUT2D eigenvalue weighted by Gasteiger charge is 1.96. The van der Waals surface area contributed by atoms with Crippen molar-refractivity contribution in [3.63, 3.8) is 0 Å². The first-order valence-corrected chi connectivity index (χ1v) is 5.92. The third kappa shape index (κ3) is 7.37. The molecule has 1 rings (SSSR count). The highest BCUT2D eigenvalue weighted by Crippen LogP contribution is 2.10. The van der Waals surface area contributed by atoms with Crippen LogP contribution in [0.15, 0.2) is 29.3 Å². The van der Waals surface area contributed by atoms with Gasteiger partial charge in [0.2, 0.25) is 0 Å². The molecule has 0 aliphatic rings. The molecule has 0 fully saturated rings. The number of aryl methyl sites for hydroxylation is 1. The second kappa shape index (κ2) is 9.02. The van der Waals surface area contributed by atoms with E-state index in [1.807, 2.05) is 26.0 Å². The van der Waals surface area contributed by atoms with Gasteiger partial charge in [0.05, 0.1) is 0 Å². The van der Waals surface area contributed by atoms with E-state index in [0.717, 1.165) is 12.8 Å². The quantitative estimate of drug-likeness (QED) is 0.325. The lowest BCUT2D eigenvalue weighted by Gasteiger charge is -2.08.